The quantitative estimate of drug-likeness (QED) is 0.430. The highest BCUT2D eigenvalue weighted by Crippen LogP contribution is 2.17. The van der Waals surface area contributed by atoms with Crippen LogP contribution >= 0.6 is 0 Å². The molecule has 5 heteroatoms. The summed E-state index contributed by atoms with van der Waals surface area (Å²) < 4.78 is 1.72. The van der Waals surface area contributed by atoms with Gasteiger partial charge in [-0.1, -0.05) is 36.4 Å². The number of rotatable bonds is 6. The third-order valence-electron chi connectivity index (χ3n) is 3.84. The summed E-state index contributed by atoms with van der Waals surface area (Å²) >= 11 is 0. The van der Waals surface area contributed by atoms with E-state index in [-0.39, 0.29) is 0 Å². The first-order valence-electron chi connectivity index (χ1n) is 7.47. The molecule has 3 rings (SSSR count). The zero-order valence-corrected chi connectivity index (χ0v) is 12.8. The number of nitrogens with zero attached hydrogens (tertiary/aromatic N) is 1. The summed E-state index contributed by atoms with van der Waals surface area (Å²) in [6.45, 7) is 0.472. The van der Waals surface area contributed by atoms with Gasteiger partial charge in [0, 0.05) is 12.7 Å². The van der Waals surface area contributed by atoms with Gasteiger partial charge in [-0.25, -0.2) is 4.79 Å². The normalized spacial score (nSPS) is 10.7. The van der Waals surface area contributed by atoms with Gasteiger partial charge in [-0.15, -0.1) is 0 Å². The van der Waals surface area contributed by atoms with Crippen molar-refractivity contribution in [2.24, 2.45) is 0 Å². The summed E-state index contributed by atoms with van der Waals surface area (Å²) in [6.07, 6.45) is 1.12. The Bertz CT molecular complexity index is 939. The molecule has 2 aromatic carbocycles. The molecule has 1 aromatic heterocycles. The van der Waals surface area contributed by atoms with Crippen LogP contribution in [0, 0.1) is 0 Å². The summed E-state index contributed by atoms with van der Waals surface area (Å²) in [4.78, 5) is 34.0. The summed E-state index contributed by atoms with van der Waals surface area (Å²) in [5.41, 5.74) is 1.35. The lowest BCUT2D eigenvalue weighted by atomic mass is 10.1. The number of carboxylic acids is 1. The second-order valence-corrected chi connectivity index (χ2v) is 5.53. The van der Waals surface area contributed by atoms with Crippen molar-refractivity contribution in [1.82, 2.24) is 4.57 Å². The van der Waals surface area contributed by atoms with Crippen LogP contribution in [0.25, 0.3) is 10.8 Å². The molecule has 24 heavy (non-hydrogen) atoms. The van der Waals surface area contributed by atoms with Gasteiger partial charge in [-0.05, 0) is 34.5 Å². The van der Waals surface area contributed by atoms with Crippen LogP contribution in [0.2, 0.25) is 0 Å². The van der Waals surface area contributed by atoms with E-state index >= 15 is 0 Å². The first kappa shape index (κ1) is 15.7. The Hall–Kier alpha value is -3.21. The summed E-state index contributed by atoms with van der Waals surface area (Å²) in [5, 5.41) is 10.9. The molecule has 0 unspecified atom stereocenters. The van der Waals surface area contributed by atoms with E-state index < -0.39 is 24.0 Å². The minimum absolute atomic E-state index is 0.331. The number of fused-ring (bicyclic) bond motifs is 1. The molecular weight excluding hydrogens is 306 g/mol. The van der Waals surface area contributed by atoms with Crippen molar-refractivity contribution in [1.29, 1.82) is 0 Å². The van der Waals surface area contributed by atoms with E-state index in [2.05, 4.69) is 0 Å². The number of benzene rings is 2. The first-order valence-corrected chi connectivity index (χ1v) is 7.47. The van der Waals surface area contributed by atoms with Gasteiger partial charge < -0.3 is 9.67 Å². The topological polar surface area (TPSA) is 76.4 Å². The number of Topliss-reactive ketones (excluding diaryl/α,β-unsaturated/α-hetero) is 2. The van der Waals surface area contributed by atoms with Crippen LogP contribution in [0.1, 0.15) is 22.5 Å². The number of hydrogen-bond acceptors (Lipinski definition) is 3. The fourth-order valence-corrected chi connectivity index (χ4v) is 2.65. The van der Waals surface area contributed by atoms with Crippen molar-refractivity contribution in [2.75, 3.05) is 0 Å². The molecule has 0 spiro atoms. The summed E-state index contributed by atoms with van der Waals surface area (Å²) in [6, 6.07) is 17.3. The number of ketones is 2. The van der Waals surface area contributed by atoms with Gasteiger partial charge in [0.25, 0.3) is 0 Å². The standard InChI is InChI=1S/C19H15NO4/c21-17(11-18(22)19(23)24)16-6-3-9-20(16)12-13-7-8-14-4-1-2-5-15(14)10-13/h1-10H,11-12H2,(H,23,24). The molecule has 0 aliphatic carbocycles. The number of carboxylic acid groups (broad SMARTS) is 1. The SMILES string of the molecule is O=C(O)C(=O)CC(=O)c1cccn1Cc1ccc2ccccc2c1. The molecular formula is C19H15NO4. The second-order valence-electron chi connectivity index (χ2n) is 5.53. The highest BCUT2D eigenvalue weighted by atomic mass is 16.4. The van der Waals surface area contributed by atoms with Crippen LogP contribution in [0.15, 0.2) is 60.8 Å². The van der Waals surface area contributed by atoms with E-state index in [1.807, 2.05) is 42.5 Å². The Morgan fingerprint density at radius 3 is 2.42 bits per heavy atom. The van der Waals surface area contributed by atoms with E-state index in [0.29, 0.717) is 12.2 Å². The van der Waals surface area contributed by atoms with Gasteiger partial charge in [-0.3, -0.25) is 9.59 Å². The maximum absolute atomic E-state index is 12.1. The maximum atomic E-state index is 12.1. The predicted octanol–water partition coefficient (Wildman–Crippen LogP) is 2.92. The van der Waals surface area contributed by atoms with Gasteiger partial charge in [0.05, 0.1) is 12.1 Å². The first-order chi connectivity index (χ1) is 11.5. The predicted molar refractivity (Wildman–Crippen MR) is 89.1 cm³/mol. The van der Waals surface area contributed by atoms with Crippen LogP contribution in [-0.2, 0) is 16.1 Å². The van der Waals surface area contributed by atoms with Crippen LogP contribution in [0.3, 0.4) is 0 Å². The fourth-order valence-electron chi connectivity index (χ4n) is 2.65. The van der Waals surface area contributed by atoms with Crippen molar-refractivity contribution < 1.29 is 19.5 Å². The fraction of sp³-hybridized carbons (Fsp3) is 0.105. The maximum Gasteiger partial charge on any atom is 0.372 e. The lowest BCUT2D eigenvalue weighted by molar-refractivity contribution is -0.148. The van der Waals surface area contributed by atoms with E-state index in [1.54, 1.807) is 22.9 Å². The Morgan fingerprint density at radius 1 is 0.917 bits per heavy atom. The molecule has 0 saturated carbocycles. The second kappa shape index (κ2) is 6.50. The smallest absolute Gasteiger partial charge is 0.372 e. The molecule has 1 N–H and O–H groups in total. The van der Waals surface area contributed by atoms with Gasteiger partial charge in [0.2, 0.25) is 5.78 Å². The summed E-state index contributed by atoms with van der Waals surface area (Å²) in [5.74, 6) is -3.18. The Kier molecular flexibility index (Phi) is 4.24. The highest BCUT2D eigenvalue weighted by Gasteiger charge is 2.20. The van der Waals surface area contributed by atoms with Crippen molar-refractivity contribution in [3.8, 4) is 0 Å². The minimum Gasteiger partial charge on any atom is -0.475 e. The Balaban J connectivity index is 1.83. The molecule has 5 nitrogen and oxygen atoms in total. The molecule has 0 aliphatic heterocycles. The van der Waals surface area contributed by atoms with Gasteiger partial charge in [0.1, 0.15) is 0 Å². The molecule has 0 bridgehead atoms. The molecule has 3 aromatic rings. The van der Waals surface area contributed by atoms with Crippen LogP contribution < -0.4 is 0 Å². The largest absolute Gasteiger partial charge is 0.475 e. The number of aromatic nitrogens is 1. The molecule has 0 atom stereocenters. The average molecular weight is 321 g/mol. The lowest BCUT2D eigenvalue weighted by Crippen LogP contribution is -2.19. The molecule has 1 heterocycles. The third-order valence-corrected chi connectivity index (χ3v) is 3.84. The average Bonchev–Trinajstić information content (AvgIpc) is 3.02. The van der Waals surface area contributed by atoms with Gasteiger partial charge >= 0.3 is 5.97 Å². The molecule has 0 radical (unpaired) electrons. The van der Waals surface area contributed by atoms with Crippen molar-refractivity contribution in [3.63, 3.8) is 0 Å². The van der Waals surface area contributed by atoms with E-state index in [1.165, 1.54) is 0 Å². The monoisotopic (exact) mass is 321 g/mol. The van der Waals surface area contributed by atoms with Crippen LogP contribution in [0.5, 0.6) is 0 Å². The van der Waals surface area contributed by atoms with Gasteiger partial charge in [0.15, 0.2) is 5.78 Å². The number of carbonyl (C=O) groups is 3. The van der Waals surface area contributed by atoms with E-state index in [0.717, 1.165) is 16.3 Å². The molecule has 0 aliphatic rings. The zero-order chi connectivity index (χ0) is 17.1. The molecule has 0 fully saturated rings. The highest BCUT2D eigenvalue weighted by molar-refractivity contribution is 6.37. The van der Waals surface area contributed by atoms with E-state index in [4.69, 9.17) is 5.11 Å². The lowest BCUT2D eigenvalue weighted by Gasteiger charge is -2.09. The number of aliphatic carboxylic acids is 1. The van der Waals surface area contributed by atoms with Crippen molar-refractivity contribution in [2.45, 2.75) is 13.0 Å². The van der Waals surface area contributed by atoms with Crippen molar-refractivity contribution >= 4 is 28.3 Å². The van der Waals surface area contributed by atoms with E-state index in [9.17, 15) is 14.4 Å². The Morgan fingerprint density at radius 2 is 1.67 bits per heavy atom. The van der Waals surface area contributed by atoms with Crippen molar-refractivity contribution in [3.05, 3.63) is 72.1 Å². The molecule has 120 valence electrons. The molecule has 0 saturated heterocycles. The Labute approximate surface area is 138 Å². The number of hydrogen-bond donors (Lipinski definition) is 1. The zero-order valence-electron chi connectivity index (χ0n) is 12.8. The van der Waals surface area contributed by atoms with Gasteiger partial charge in [-0.2, -0.15) is 0 Å². The summed E-state index contributed by atoms with van der Waals surface area (Å²) in [7, 11) is 0. The number of carbonyl (C=O) groups excluding carboxylic acids is 2. The minimum atomic E-state index is -1.59. The van der Waals surface area contributed by atoms with Crippen LogP contribution in [0.4, 0.5) is 0 Å². The third kappa shape index (κ3) is 3.25. The molecule has 0 amide bonds. The van der Waals surface area contributed by atoms with Crippen LogP contribution in [-0.4, -0.2) is 27.2 Å².